The number of carbonyl (C=O) groups excluding carboxylic acids is 1. The van der Waals surface area contributed by atoms with Crippen LogP contribution in [0, 0.1) is 5.92 Å². The molecule has 0 fully saturated rings. The Morgan fingerprint density at radius 2 is 2.50 bits per heavy atom. The van der Waals surface area contributed by atoms with E-state index in [1.54, 1.807) is 6.20 Å². The van der Waals surface area contributed by atoms with Crippen molar-refractivity contribution in [3.05, 3.63) is 18.2 Å². The summed E-state index contributed by atoms with van der Waals surface area (Å²) in [7, 11) is 0. The summed E-state index contributed by atoms with van der Waals surface area (Å²) in [6.07, 6.45) is 5.42. The Balaban J connectivity index is 2.67. The number of hydrogen-bond donors (Lipinski definition) is 0. The van der Waals surface area contributed by atoms with Crippen molar-refractivity contribution < 1.29 is 4.79 Å². The van der Waals surface area contributed by atoms with Crippen molar-refractivity contribution >= 4 is 6.29 Å². The highest BCUT2D eigenvalue weighted by Crippen LogP contribution is 2.04. The summed E-state index contributed by atoms with van der Waals surface area (Å²) >= 11 is 0. The lowest BCUT2D eigenvalue weighted by Crippen LogP contribution is -2.07. The number of aldehydes is 1. The lowest BCUT2D eigenvalue weighted by atomic mass is 10.1. The molecule has 0 aliphatic carbocycles. The molecule has 0 aromatic carbocycles. The highest BCUT2D eigenvalue weighted by atomic mass is 16.1. The van der Waals surface area contributed by atoms with Crippen LogP contribution < -0.4 is 0 Å². The van der Waals surface area contributed by atoms with Crippen molar-refractivity contribution in [3.8, 4) is 0 Å². The number of carbonyl (C=O) groups is 1. The summed E-state index contributed by atoms with van der Waals surface area (Å²) in [5.74, 6) is 1.06. The molecule has 0 bridgehead atoms. The van der Waals surface area contributed by atoms with Crippen LogP contribution in [0.4, 0.5) is 0 Å². The second kappa shape index (κ2) is 4.04. The van der Waals surface area contributed by atoms with Crippen molar-refractivity contribution in [2.45, 2.75) is 26.8 Å². The van der Waals surface area contributed by atoms with Crippen LogP contribution >= 0.6 is 0 Å². The monoisotopic (exact) mass is 166 g/mol. The lowest BCUT2D eigenvalue weighted by Gasteiger charge is -2.05. The molecule has 1 aromatic rings. The van der Waals surface area contributed by atoms with Gasteiger partial charge in [-0.15, -0.1) is 0 Å². The molecule has 0 amide bonds. The van der Waals surface area contributed by atoms with E-state index in [1.165, 1.54) is 0 Å². The average molecular weight is 166 g/mol. The quantitative estimate of drug-likeness (QED) is 0.631. The van der Waals surface area contributed by atoms with E-state index >= 15 is 0 Å². The van der Waals surface area contributed by atoms with Crippen LogP contribution in [0.15, 0.2) is 12.4 Å². The van der Waals surface area contributed by atoms with Gasteiger partial charge in [-0.1, -0.05) is 6.92 Å². The molecule has 1 rings (SSSR count). The summed E-state index contributed by atoms with van der Waals surface area (Å²) in [6, 6.07) is 0. The molecule has 0 spiro atoms. The molecule has 0 saturated carbocycles. The number of aromatic nitrogens is 2. The average Bonchev–Trinajstić information content (AvgIpc) is 2.51. The van der Waals surface area contributed by atoms with E-state index in [0.29, 0.717) is 0 Å². The SMILES string of the molecule is CCn1ccnc1CC(C)C=O. The molecule has 0 saturated heterocycles. The fraction of sp³-hybridized carbons (Fsp3) is 0.556. The molecule has 1 unspecified atom stereocenters. The van der Waals surface area contributed by atoms with Gasteiger partial charge in [-0.25, -0.2) is 4.98 Å². The zero-order chi connectivity index (χ0) is 8.97. The molecular weight excluding hydrogens is 152 g/mol. The first-order valence-corrected chi connectivity index (χ1v) is 4.23. The molecule has 0 aliphatic rings. The van der Waals surface area contributed by atoms with Gasteiger partial charge < -0.3 is 9.36 Å². The predicted octanol–water partition coefficient (Wildman–Crippen LogP) is 1.28. The van der Waals surface area contributed by atoms with Gasteiger partial charge in [0.1, 0.15) is 12.1 Å². The first-order valence-electron chi connectivity index (χ1n) is 4.23. The van der Waals surface area contributed by atoms with Crippen LogP contribution in [0.2, 0.25) is 0 Å². The zero-order valence-electron chi connectivity index (χ0n) is 7.53. The molecule has 66 valence electrons. The number of rotatable bonds is 4. The number of nitrogens with zero attached hydrogens (tertiary/aromatic N) is 2. The molecule has 0 radical (unpaired) electrons. The minimum atomic E-state index is 0.0673. The Morgan fingerprint density at radius 3 is 3.08 bits per heavy atom. The van der Waals surface area contributed by atoms with Gasteiger partial charge >= 0.3 is 0 Å². The van der Waals surface area contributed by atoms with Crippen molar-refractivity contribution in [2.75, 3.05) is 0 Å². The maximum absolute atomic E-state index is 10.4. The normalized spacial score (nSPS) is 12.8. The van der Waals surface area contributed by atoms with Crippen LogP contribution in [0.3, 0.4) is 0 Å². The molecule has 3 heteroatoms. The van der Waals surface area contributed by atoms with Crippen LogP contribution in [0.25, 0.3) is 0 Å². The number of aryl methyl sites for hydroxylation is 1. The van der Waals surface area contributed by atoms with Crippen LogP contribution in [-0.2, 0) is 17.8 Å². The molecule has 1 heterocycles. The summed E-state index contributed by atoms with van der Waals surface area (Å²) in [6.45, 7) is 4.89. The fourth-order valence-electron chi connectivity index (χ4n) is 1.15. The summed E-state index contributed by atoms with van der Waals surface area (Å²) in [5, 5.41) is 0. The Bertz CT molecular complexity index is 255. The maximum Gasteiger partial charge on any atom is 0.123 e. The van der Waals surface area contributed by atoms with Crippen LogP contribution in [0.1, 0.15) is 19.7 Å². The van der Waals surface area contributed by atoms with Crippen LogP contribution in [-0.4, -0.2) is 15.8 Å². The molecule has 1 aromatic heterocycles. The van der Waals surface area contributed by atoms with Gasteiger partial charge in [0.05, 0.1) is 0 Å². The lowest BCUT2D eigenvalue weighted by molar-refractivity contribution is -0.110. The largest absolute Gasteiger partial charge is 0.335 e. The third-order valence-electron chi connectivity index (χ3n) is 1.88. The summed E-state index contributed by atoms with van der Waals surface area (Å²) in [4.78, 5) is 14.6. The Labute approximate surface area is 72.4 Å². The van der Waals surface area contributed by atoms with Gasteiger partial charge in [0.2, 0.25) is 0 Å². The molecule has 1 atom stereocenters. The Hall–Kier alpha value is -1.12. The fourth-order valence-corrected chi connectivity index (χ4v) is 1.15. The second-order valence-electron chi connectivity index (χ2n) is 2.95. The first kappa shape index (κ1) is 8.97. The van der Waals surface area contributed by atoms with E-state index in [-0.39, 0.29) is 5.92 Å². The molecular formula is C9H14N2O. The standard InChI is InChI=1S/C9H14N2O/c1-3-11-5-4-10-9(11)6-8(2)7-12/h4-5,7-8H,3,6H2,1-2H3. The smallest absolute Gasteiger partial charge is 0.123 e. The maximum atomic E-state index is 10.4. The van der Waals surface area contributed by atoms with Crippen LogP contribution in [0.5, 0.6) is 0 Å². The van der Waals surface area contributed by atoms with Crippen molar-refractivity contribution in [2.24, 2.45) is 5.92 Å². The van der Waals surface area contributed by atoms with E-state index in [2.05, 4.69) is 16.5 Å². The Kier molecular flexibility index (Phi) is 3.02. The summed E-state index contributed by atoms with van der Waals surface area (Å²) < 4.78 is 2.06. The van der Waals surface area contributed by atoms with Gasteiger partial charge in [0, 0.05) is 31.3 Å². The molecule has 3 nitrogen and oxygen atoms in total. The van der Waals surface area contributed by atoms with E-state index < -0.39 is 0 Å². The third kappa shape index (κ3) is 1.94. The Morgan fingerprint density at radius 1 is 1.75 bits per heavy atom. The van der Waals surface area contributed by atoms with Crippen molar-refractivity contribution in [1.29, 1.82) is 0 Å². The number of imidazole rings is 1. The minimum Gasteiger partial charge on any atom is -0.335 e. The van der Waals surface area contributed by atoms with Gasteiger partial charge in [-0.3, -0.25) is 0 Å². The molecule has 0 aliphatic heterocycles. The zero-order valence-corrected chi connectivity index (χ0v) is 7.53. The van der Waals surface area contributed by atoms with E-state index in [0.717, 1.165) is 25.1 Å². The van der Waals surface area contributed by atoms with Gasteiger partial charge in [-0.2, -0.15) is 0 Å². The van der Waals surface area contributed by atoms with Gasteiger partial charge in [0.25, 0.3) is 0 Å². The third-order valence-corrected chi connectivity index (χ3v) is 1.88. The van der Waals surface area contributed by atoms with E-state index in [1.807, 2.05) is 13.1 Å². The highest BCUT2D eigenvalue weighted by molar-refractivity contribution is 5.53. The van der Waals surface area contributed by atoms with E-state index in [9.17, 15) is 4.79 Å². The minimum absolute atomic E-state index is 0.0673. The van der Waals surface area contributed by atoms with Gasteiger partial charge in [0.15, 0.2) is 0 Å². The van der Waals surface area contributed by atoms with E-state index in [4.69, 9.17) is 0 Å². The summed E-state index contributed by atoms with van der Waals surface area (Å²) in [5.41, 5.74) is 0. The van der Waals surface area contributed by atoms with Crippen molar-refractivity contribution in [1.82, 2.24) is 9.55 Å². The number of hydrogen-bond acceptors (Lipinski definition) is 2. The second-order valence-corrected chi connectivity index (χ2v) is 2.95. The predicted molar refractivity (Wildman–Crippen MR) is 46.8 cm³/mol. The molecule has 12 heavy (non-hydrogen) atoms. The van der Waals surface area contributed by atoms with Crippen molar-refractivity contribution in [3.63, 3.8) is 0 Å². The first-order chi connectivity index (χ1) is 5.77. The molecule has 0 N–H and O–H groups in total. The topological polar surface area (TPSA) is 34.9 Å². The highest BCUT2D eigenvalue weighted by Gasteiger charge is 2.05. The van der Waals surface area contributed by atoms with Gasteiger partial charge in [-0.05, 0) is 6.92 Å².